The first-order valence-corrected chi connectivity index (χ1v) is 6.85. The van der Waals surface area contributed by atoms with Gasteiger partial charge in [-0.15, -0.1) is 0 Å². The van der Waals surface area contributed by atoms with Gasteiger partial charge in [-0.05, 0) is 44.4 Å². The van der Waals surface area contributed by atoms with Crippen LogP contribution >= 0.6 is 11.6 Å². The van der Waals surface area contributed by atoms with Crippen molar-refractivity contribution in [2.24, 2.45) is 0 Å². The second kappa shape index (κ2) is 5.95. The van der Waals surface area contributed by atoms with Crippen LogP contribution in [0.5, 0.6) is 0 Å². The van der Waals surface area contributed by atoms with Crippen LogP contribution < -0.4 is 5.46 Å². The molecule has 0 radical (unpaired) electrons. The van der Waals surface area contributed by atoms with Gasteiger partial charge in [0.05, 0.1) is 0 Å². The van der Waals surface area contributed by atoms with E-state index in [1.54, 1.807) is 6.07 Å². The maximum absolute atomic E-state index is 12.4. The molecule has 0 spiro atoms. The van der Waals surface area contributed by atoms with Crippen molar-refractivity contribution in [3.8, 4) is 0 Å². The molecule has 6 heteroatoms. The van der Waals surface area contributed by atoms with E-state index < -0.39 is 7.12 Å². The van der Waals surface area contributed by atoms with Gasteiger partial charge in [0.2, 0.25) is 0 Å². The van der Waals surface area contributed by atoms with Crippen molar-refractivity contribution in [1.29, 1.82) is 0 Å². The number of hydrogen-bond acceptors (Lipinski definition) is 3. The minimum absolute atomic E-state index is 0.0780. The van der Waals surface area contributed by atoms with E-state index in [0.717, 1.165) is 25.8 Å². The predicted octanol–water partition coefficient (Wildman–Crippen LogP) is 1.03. The molecule has 102 valence electrons. The summed E-state index contributed by atoms with van der Waals surface area (Å²) in [7, 11) is -1.67. The Bertz CT molecular complexity index is 481. The van der Waals surface area contributed by atoms with Gasteiger partial charge in [0.15, 0.2) is 0 Å². The molecule has 1 amide bonds. The van der Waals surface area contributed by atoms with Crippen LogP contribution in [0.4, 0.5) is 0 Å². The summed E-state index contributed by atoms with van der Waals surface area (Å²) in [5, 5.41) is 18.7. The van der Waals surface area contributed by atoms with Crippen LogP contribution in [0.2, 0.25) is 5.02 Å². The number of likely N-dealkylation sites (tertiary alicyclic amines) is 1. The molecule has 0 aliphatic carbocycles. The summed E-state index contributed by atoms with van der Waals surface area (Å²) in [4.78, 5) is 14.2. The number of piperidine rings is 1. The Kier molecular flexibility index (Phi) is 4.50. The number of carbonyl (C=O) groups excluding carboxylic acids is 1. The van der Waals surface area contributed by atoms with Gasteiger partial charge in [0, 0.05) is 28.6 Å². The molecule has 1 fully saturated rings. The van der Waals surface area contributed by atoms with Crippen LogP contribution in [-0.2, 0) is 0 Å². The van der Waals surface area contributed by atoms with E-state index in [4.69, 9.17) is 11.6 Å². The van der Waals surface area contributed by atoms with E-state index >= 15 is 0 Å². The molecule has 4 nitrogen and oxygen atoms in total. The summed E-state index contributed by atoms with van der Waals surface area (Å²) in [6.07, 6.45) is 3.17. The molecule has 1 aromatic carbocycles. The Morgan fingerprint density at radius 1 is 1.42 bits per heavy atom. The summed E-state index contributed by atoms with van der Waals surface area (Å²) in [6, 6.07) is 4.83. The summed E-state index contributed by atoms with van der Waals surface area (Å²) in [6.45, 7) is 2.79. The molecule has 1 atom stereocenters. The Morgan fingerprint density at radius 2 is 2.16 bits per heavy atom. The third-order valence-electron chi connectivity index (χ3n) is 3.58. The highest BCUT2D eigenvalue weighted by Gasteiger charge is 2.25. The maximum Gasteiger partial charge on any atom is 0.489 e. The van der Waals surface area contributed by atoms with Gasteiger partial charge < -0.3 is 14.9 Å². The molecule has 0 bridgehead atoms. The lowest BCUT2D eigenvalue weighted by Crippen LogP contribution is -2.42. The number of rotatable bonds is 2. The lowest BCUT2D eigenvalue weighted by molar-refractivity contribution is 0.0636. The molecule has 2 rings (SSSR count). The topological polar surface area (TPSA) is 60.8 Å². The largest absolute Gasteiger partial charge is 0.489 e. The molecule has 1 heterocycles. The van der Waals surface area contributed by atoms with Crippen LogP contribution in [0.15, 0.2) is 18.2 Å². The molecular weight excluding hydrogens is 264 g/mol. The molecular formula is C13H17BClNO3. The quantitative estimate of drug-likeness (QED) is 0.796. The van der Waals surface area contributed by atoms with Gasteiger partial charge in [-0.3, -0.25) is 4.79 Å². The summed E-state index contributed by atoms with van der Waals surface area (Å²) in [5.41, 5.74) is 0.610. The van der Waals surface area contributed by atoms with E-state index in [1.165, 1.54) is 12.1 Å². The van der Waals surface area contributed by atoms with Gasteiger partial charge in [-0.25, -0.2) is 0 Å². The smallest absolute Gasteiger partial charge is 0.423 e. The average Bonchev–Trinajstić information content (AvgIpc) is 2.38. The zero-order valence-electron chi connectivity index (χ0n) is 10.8. The molecule has 1 aliphatic heterocycles. The van der Waals surface area contributed by atoms with Crippen molar-refractivity contribution in [2.45, 2.75) is 32.2 Å². The minimum atomic E-state index is -1.67. The molecule has 0 saturated carbocycles. The highest BCUT2D eigenvalue weighted by atomic mass is 35.5. The first kappa shape index (κ1) is 14.4. The SMILES string of the molecule is C[C@H]1CCCCN1C(=O)c1ccc(Cl)c(B(O)O)c1. The van der Waals surface area contributed by atoms with Crippen molar-refractivity contribution in [1.82, 2.24) is 4.90 Å². The zero-order chi connectivity index (χ0) is 14.0. The highest BCUT2D eigenvalue weighted by Crippen LogP contribution is 2.19. The monoisotopic (exact) mass is 281 g/mol. The minimum Gasteiger partial charge on any atom is -0.423 e. The molecule has 2 N–H and O–H groups in total. The highest BCUT2D eigenvalue weighted by molar-refractivity contribution is 6.62. The summed E-state index contributed by atoms with van der Waals surface area (Å²) in [5.74, 6) is -0.0780. The molecule has 1 aromatic rings. The Labute approximate surface area is 118 Å². The second-order valence-corrected chi connectivity index (χ2v) is 5.36. The van der Waals surface area contributed by atoms with Gasteiger partial charge in [-0.1, -0.05) is 11.6 Å². The lowest BCUT2D eigenvalue weighted by atomic mass is 9.79. The number of carbonyl (C=O) groups is 1. The van der Waals surface area contributed by atoms with Crippen LogP contribution in [0.1, 0.15) is 36.5 Å². The third-order valence-corrected chi connectivity index (χ3v) is 3.93. The van der Waals surface area contributed by atoms with Crippen molar-refractivity contribution in [3.05, 3.63) is 28.8 Å². The summed E-state index contributed by atoms with van der Waals surface area (Å²) >= 11 is 5.87. The van der Waals surface area contributed by atoms with Crippen LogP contribution in [0, 0.1) is 0 Å². The molecule has 1 aliphatic rings. The fourth-order valence-electron chi connectivity index (χ4n) is 2.44. The van der Waals surface area contributed by atoms with Crippen molar-refractivity contribution in [2.75, 3.05) is 6.54 Å². The van der Waals surface area contributed by atoms with E-state index in [9.17, 15) is 14.8 Å². The van der Waals surface area contributed by atoms with Crippen molar-refractivity contribution >= 4 is 30.1 Å². The van der Waals surface area contributed by atoms with E-state index in [1.807, 2.05) is 11.8 Å². The van der Waals surface area contributed by atoms with Crippen molar-refractivity contribution in [3.63, 3.8) is 0 Å². The zero-order valence-corrected chi connectivity index (χ0v) is 11.6. The Hall–Kier alpha value is -1.04. The first-order chi connectivity index (χ1) is 9.00. The van der Waals surface area contributed by atoms with Gasteiger partial charge >= 0.3 is 7.12 Å². The normalized spacial score (nSPS) is 19.4. The van der Waals surface area contributed by atoms with Gasteiger partial charge in [0.25, 0.3) is 5.91 Å². The second-order valence-electron chi connectivity index (χ2n) is 4.95. The predicted molar refractivity (Wildman–Crippen MR) is 75.6 cm³/mol. The van der Waals surface area contributed by atoms with Crippen LogP contribution in [0.25, 0.3) is 0 Å². The van der Waals surface area contributed by atoms with Crippen LogP contribution in [-0.4, -0.2) is 40.6 Å². The van der Waals surface area contributed by atoms with E-state index in [-0.39, 0.29) is 22.4 Å². The Balaban J connectivity index is 2.26. The summed E-state index contributed by atoms with van der Waals surface area (Å²) < 4.78 is 0. The number of hydrogen-bond donors (Lipinski definition) is 2. The van der Waals surface area contributed by atoms with Crippen molar-refractivity contribution < 1.29 is 14.8 Å². The lowest BCUT2D eigenvalue weighted by Gasteiger charge is -2.33. The van der Waals surface area contributed by atoms with Crippen LogP contribution in [0.3, 0.4) is 0 Å². The average molecular weight is 282 g/mol. The number of halogens is 1. The van der Waals surface area contributed by atoms with Gasteiger partial charge in [0.1, 0.15) is 0 Å². The van der Waals surface area contributed by atoms with E-state index in [2.05, 4.69) is 0 Å². The number of benzene rings is 1. The third kappa shape index (κ3) is 3.11. The molecule has 19 heavy (non-hydrogen) atoms. The van der Waals surface area contributed by atoms with Gasteiger partial charge in [-0.2, -0.15) is 0 Å². The first-order valence-electron chi connectivity index (χ1n) is 6.47. The fourth-order valence-corrected chi connectivity index (χ4v) is 2.66. The number of amides is 1. The molecule has 1 saturated heterocycles. The van der Waals surface area contributed by atoms with E-state index in [0.29, 0.717) is 5.56 Å². The maximum atomic E-state index is 12.4. The number of nitrogens with zero attached hydrogens (tertiary/aromatic N) is 1. The Morgan fingerprint density at radius 3 is 2.79 bits per heavy atom. The standard InChI is InChI=1S/C13H17BClNO3/c1-9-4-2-3-7-16(9)13(17)10-5-6-12(15)11(8-10)14(18)19/h5-6,8-9,18-19H,2-4,7H2,1H3/t9-/m0/s1. The molecule has 0 unspecified atom stereocenters. The molecule has 0 aromatic heterocycles. The fraction of sp³-hybridized carbons (Fsp3) is 0.462.